The second-order valence-electron chi connectivity index (χ2n) is 2.96. The molecule has 72 valence electrons. The lowest BCUT2D eigenvalue weighted by Crippen LogP contribution is -2.15. The van der Waals surface area contributed by atoms with Crippen LogP contribution in [0.15, 0.2) is 18.2 Å². The van der Waals surface area contributed by atoms with E-state index in [1.807, 2.05) is 19.1 Å². The molecular formula is C10H13Cl2N. The number of nitrogens with one attached hydrogen (secondary N) is 1. The Balaban J connectivity index is 2.56. The highest BCUT2D eigenvalue weighted by Gasteiger charge is 1.98. The lowest BCUT2D eigenvalue weighted by molar-refractivity contribution is 0.730. The monoisotopic (exact) mass is 217 g/mol. The molecule has 0 fully saturated rings. The number of alkyl halides is 1. The van der Waals surface area contributed by atoms with Crippen LogP contribution in [0.1, 0.15) is 11.1 Å². The Kier molecular flexibility index (Phi) is 4.57. The summed E-state index contributed by atoms with van der Waals surface area (Å²) < 4.78 is 0. The third-order valence-electron chi connectivity index (χ3n) is 1.80. The van der Waals surface area contributed by atoms with Crippen LogP contribution in [0.3, 0.4) is 0 Å². The summed E-state index contributed by atoms with van der Waals surface area (Å²) in [5.74, 6) is 0.628. The second-order valence-corrected chi connectivity index (χ2v) is 3.75. The van der Waals surface area contributed by atoms with Crippen molar-refractivity contribution >= 4 is 23.2 Å². The minimum atomic E-state index is 0.628. The molecule has 0 saturated carbocycles. The van der Waals surface area contributed by atoms with Crippen LogP contribution in [0, 0.1) is 6.92 Å². The van der Waals surface area contributed by atoms with Crippen LogP contribution in [0.25, 0.3) is 0 Å². The fraction of sp³-hybridized carbons (Fsp3) is 0.400. The molecule has 13 heavy (non-hydrogen) atoms. The van der Waals surface area contributed by atoms with Gasteiger partial charge >= 0.3 is 0 Å². The quantitative estimate of drug-likeness (QED) is 0.605. The van der Waals surface area contributed by atoms with Gasteiger partial charge in [0.25, 0.3) is 0 Å². The van der Waals surface area contributed by atoms with Crippen molar-refractivity contribution in [2.24, 2.45) is 0 Å². The van der Waals surface area contributed by atoms with E-state index >= 15 is 0 Å². The first kappa shape index (κ1) is 10.8. The van der Waals surface area contributed by atoms with E-state index in [4.69, 9.17) is 23.2 Å². The summed E-state index contributed by atoms with van der Waals surface area (Å²) in [6.07, 6.45) is 0. The van der Waals surface area contributed by atoms with Crippen molar-refractivity contribution in [1.29, 1.82) is 0 Å². The molecule has 0 amide bonds. The maximum atomic E-state index is 6.04. The van der Waals surface area contributed by atoms with E-state index in [2.05, 4.69) is 11.4 Å². The Labute approximate surface area is 89.0 Å². The lowest BCUT2D eigenvalue weighted by atomic mass is 10.1. The molecule has 1 aromatic rings. The van der Waals surface area contributed by atoms with Gasteiger partial charge < -0.3 is 5.32 Å². The summed E-state index contributed by atoms with van der Waals surface area (Å²) in [4.78, 5) is 0. The molecule has 1 aromatic carbocycles. The number of hydrogen-bond donors (Lipinski definition) is 1. The van der Waals surface area contributed by atoms with E-state index in [1.54, 1.807) is 0 Å². The van der Waals surface area contributed by atoms with Crippen LogP contribution in [-0.4, -0.2) is 12.4 Å². The van der Waals surface area contributed by atoms with Gasteiger partial charge in [0.05, 0.1) is 0 Å². The predicted molar refractivity (Wildman–Crippen MR) is 58.6 cm³/mol. The summed E-state index contributed by atoms with van der Waals surface area (Å²) in [6, 6.07) is 6.07. The van der Waals surface area contributed by atoms with E-state index in [0.717, 1.165) is 23.7 Å². The molecule has 0 spiro atoms. The van der Waals surface area contributed by atoms with E-state index < -0.39 is 0 Å². The molecular weight excluding hydrogens is 205 g/mol. The molecule has 0 saturated heterocycles. The molecule has 0 heterocycles. The third-order valence-corrected chi connectivity index (χ3v) is 2.34. The lowest BCUT2D eigenvalue weighted by Gasteiger charge is -2.05. The van der Waals surface area contributed by atoms with Crippen molar-refractivity contribution in [2.75, 3.05) is 12.4 Å². The fourth-order valence-corrected chi connectivity index (χ4v) is 1.52. The van der Waals surface area contributed by atoms with Crippen LogP contribution in [0.5, 0.6) is 0 Å². The molecule has 0 aliphatic rings. The Bertz CT molecular complexity index is 274. The third kappa shape index (κ3) is 3.55. The zero-order valence-electron chi connectivity index (χ0n) is 7.61. The van der Waals surface area contributed by atoms with Gasteiger partial charge in [-0.15, -0.1) is 11.6 Å². The van der Waals surface area contributed by atoms with Crippen molar-refractivity contribution < 1.29 is 0 Å². The normalized spacial score (nSPS) is 10.4. The van der Waals surface area contributed by atoms with Crippen molar-refractivity contribution in [3.8, 4) is 0 Å². The van der Waals surface area contributed by atoms with Crippen LogP contribution in [0.4, 0.5) is 0 Å². The van der Waals surface area contributed by atoms with Crippen molar-refractivity contribution in [3.63, 3.8) is 0 Å². The Morgan fingerprint density at radius 1 is 1.38 bits per heavy atom. The molecule has 0 aliphatic carbocycles. The fourth-order valence-electron chi connectivity index (χ4n) is 1.09. The number of benzene rings is 1. The van der Waals surface area contributed by atoms with Crippen LogP contribution in [0.2, 0.25) is 5.02 Å². The zero-order valence-corrected chi connectivity index (χ0v) is 9.12. The Morgan fingerprint density at radius 3 is 2.77 bits per heavy atom. The molecule has 0 bridgehead atoms. The smallest absolute Gasteiger partial charge is 0.0453 e. The number of aryl methyl sites for hydroxylation is 1. The molecule has 0 aromatic heterocycles. The summed E-state index contributed by atoms with van der Waals surface area (Å²) in [5, 5.41) is 4.02. The minimum absolute atomic E-state index is 0.628. The number of rotatable bonds is 4. The van der Waals surface area contributed by atoms with Gasteiger partial charge in [-0.2, -0.15) is 0 Å². The van der Waals surface area contributed by atoms with Crippen molar-refractivity contribution in [1.82, 2.24) is 5.32 Å². The molecule has 0 unspecified atom stereocenters. The average molecular weight is 218 g/mol. The van der Waals surface area contributed by atoms with E-state index in [1.165, 1.54) is 5.56 Å². The van der Waals surface area contributed by atoms with Crippen LogP contribution >= 0.6 is 23.2 Å². The highest BCUT2D eigenvalue weighted by Crippen LogP contribution is 2.16. The predicted octanol–water partition coefficient (Wildman–Crippen LogP) is 2.98. The summed E-state index contributed by atoms with van der Waals surface area (Å²) in [6.45, 7) is 3.62. The SMILES string of the molecule is Cc1ccc(CNCCCl)c(Cl)c1. The Hall–Kier alpha value is -0.240. The minimum Gasteiger partial charge on any atom is -0.311 e. The molecule has 1 rings (SSSR count). The summed E-state index contributed by atoms with van der Waals surface area (Å²) >= 11 is 11.6. The van der Waals surface area contributed by atoms with E-state index in [9.17, 15) is 0 Å². The van der Waals surface area contributed by atoms with Gasteiger partial charge in [0.1, 0.15) is 0 Å². The maximum Gasteiger partial charge on any atom is 0.0453 e. The first-order chi connectivity index (χ1) is 6.24. The van der Waals surface area contributed by atoms with Gasteiger partial charge in [-0.1, -0.05) is 23.7 Å². The van der Waals surface area contributed by atoms with Crippen LogP contribution < -0.4 is 5.32 Å². The second kappa shape index (κ2) is 5.48. The van der Waals surface area contributed by atoms with Gasteiger partial charge in [0, 0.05) is 24.0 Å². The van der Waals surface area contributed by atoms with Gasteiger partial charge in [-0.05, 0) is 24.1 Å². The highest BCUT2D eigenvalue weighted by atomic mass is 35.5. The zero-order chi connectivity index (χ0) is 9.68. The van der Waals surface area contributed by atoms with Gasteiger partial charge in [0.15, 0.2) is 0 Å². The Morgan fingerprint density at radius 2 is 2.15 bits per heavy atom. The summed E-state index contributed by atoms with van der Waals surface area (Å²) in [5.41, 5.74) is 2.31. The standard InChI is InChI=1S/C10H13Cl2N/c1-8-2-3-9(10(12)6-8)7-13-5-4-11/h2-3,6,13H,4-5,7H2,1H3. The molecule has 0 atom stereocenters. The van der Waals surface area contributed by atoms with Crippen LogP contribution in [-0.2, 0) is 6.54 Å². The average Bonchev–Trinajstić information content (AvgIpc) is 2.09. The largest absolute Gasteiger partial charge is 0.311 e. The molecule has 0 radical (unpaired) electrons. The van der Waals surface area contributed by atoms with Gasteiger partial charge in [-0.3, -0.25) is 0 Å². The molecule has 1 N–H and O–H groups in total. The molecule has 1 nitrogen and oxygen atoms in total. The molecule has 3 heteroatoms. The topological polar surface area (TPSA) is 12.0 Å². The summed E-state index contributed by atoms with van der Waals surface area (Å²) in [7, 11) is 0. The van der Waals surface area contributed by atoms with Gasteiger partial charge in [0.2, 0.25) is 0 Å². The number of halogens is 2. The first-order valence-corrected chi connectivity index (χ1v) is 5.17. The van der Waals surface area contributed by atoms with E-state index in [0.29, 0.717) is 5.88 Å². The number of hydrogen-bond acceptors (Lipinski definition) is 1. The maximum absolute atomic E-state index is 6.04. The highest BCUT2D eigenvalue weighted by molar-refractivity contribution is 6.31. The van der Waals surface area contributed by atoms with Crippen molar-refractivity contribution in [2.45, 2.75) is 13.5 Å². The first-order valence-electron chi connectivity index (χ1n) is 4.25. The molecule has 0 aliphatic heterocycles. The van der Waals surface area contributed by atoms with Gasteiger partial charge in [-0.25, -0.2) is 0 Å². The van der Waals surface area contributed by atoms with Crippen molar-refractivity contribution in [3.05, 3.63) is 34.3 Å². The van der Waals surface area contributed by atoms with E-state index in [-0.39, 0.29) is 0 Å².